The molecule has 1 saturated heterocycles. The van der Waals surface area contributed by atoms with Crippen LogP contribution in [0.15, 0.2) is 24.3 Å². The number of anilines is 1. The highest BCUT2D eigenvalue weighted by atomic mass is 16.5. The Hall–Kier alpha value is -2.24. The van der Waals surface area contributed by atoms with Gasteiger partial charge >= 0.3 is 6.03 Å². The fourth-order valence-corrected chi connectivity index (χ4v) is 2.30. The van der Waals surface area contributed by atoms with E-state index in [-0.39, 0.29) is 11.9 Å². The monoisotopic (exact) mass is 277 g/mol. The molecule has 1 unspecified atom stereocenters. The Kier molecular flexibility index (Phi) is 4.45. The quantitative estimate of drug-likeness (QED) is 0.878. The maximum atomic E-state index is 12.3. The molecule has 0 radical (unpaired) electrons. The van der Waals surface area contributed by atoms with Crippen LogP contribution in [0, 0.1) is 0 Å². The van der Waals surface area contributed by atoms with E-state index >= 15 is 0 Å². The number of rotatable bonds is 3. The first-order valence-corrected chi connectivity index (χ1v) is 6.65. The molecule has 3 amide bonds. The van der Waals surface area contributed by atoms with Crippen molar-refractivity contribution >= 4 is 17.6 Å². The van der Waals surface area contributed by atoms with Crippen molar-refractivity contribution in [2.45, 2.75) is 19.4 Å². The van der Waals surface area contributed by atoms with Gasteiger partial charge in [-0.25, -0.2) is 4.79 Å². The van der Waals surface area contributed by atoms with Crippen LogP contribution in [0.2, 0.25) is 0 Å². The van der Waals surface area contributed by atoms with E-state index in [9.17, 15) is 9.59 Å². The van der Waals surface area contributed by atoms with Crippen LogP contribution in [0.1, 0.15) is 13.3 Å². The van der Waals surface area contributed by atoms with Crippen LogP contribution in [0.5, 0.6) is 5.75 Å². The molecule has 20 heavy (non-hydrogen) atoms. The molecule has 0 saturated carbocycles. The molecule has 6 nitrogen and oxygen atoms in total. The first-order valence-electron chi connectivity index (χ1n) is 6.65. The third kappa shape index (κ3) is 2.84. The van der Waals surface area contributed by atoms with Gasteiger partial charge in [-0.15, -0.1) is 0 Å². The molecule has 1 aromatic carbocycles. The number of carbonyl (C=O) groups excluding carboxylic acids is 2. The van der Waals surface area contributed by atoms with Crippen LogP contribution in [0.25, 0.3) is 0 Å². The number of nitrogens with zero attached hydrogens (tertiary/aromatic N) is 1. The summed E-state index contributed by atoms with van der Waals surface area (Å²) in [4.78, 5) is 25.6. The van der Waals surface area contributed by atoms with E-state index in [0.717, 1.165) is 0 Å². The Bertz CT molecular complexity index is 504. The van der Waals surface area contributed by atoms with E-state index < -0.39 is 6.04 Å². The van der Waals surface area contributed by atoms with Crippen molar-refractivity contribution in [3.63, 3.8) is 0 Å². The lowest BCUT2D eigenvalue weighted by Gasteiger charge is -2.34. The summed E-state index contributed by atoms with van der Waals surface area (Å²) in [6.07, 6.45) is 0.588. The number of ether oxygens (including phenoxy) is 1. The van der Waals surface area contributed by atoms with Gasteiger partial charge in [-0.3, -0.25) is 4.79 Å². The van der Waals surface area contributed by atoms with E-state index in [2.05, 4.69) is 10.6 Å². The molecule has 0 spiro atoms. The number of urea groups is 1. The van der Waals surface area contributed by atoms with Gasteiger partial charge in [0.2, 0.25) is 5.91 Å². The molecule has 108 valence electrons. The van der Waals surface area contributed by atoms with Gasteiger partial charge < -0.3 is 20.3 Å². The minimum Gasteiger partial charge on any atom is -0.495 e. The van der Waals surface area contributed by atoms with E-state index in [1.807, 2.05) is 19.1 Å². The normalized spacial score (nSPS) is 18.4. The van der Waals surface area contributed by atoms with Crippen LogP contribution in [0.4, 0.5) is 10.5 Å². The molecule has 1 aliphatic rings. The molecule has 1 aliphatic heterocycles. The highest BCUT2D eigenvalue weighted by Crippen LogP contribution is 2.24. The summed E-state index contributed by atoms with van der Waals surface area (Å²) in [6.45, 7) is 2.87. The Morgan fingerprint density at radius 2 is 2.25 bits per heavy atom. The summed E-state index contributed by atoms with van der Waals surface area (Å²) < 4.78 is 5.20. The Morgan fingerprint density at radius 1 is 1.50 bits per heavy atom. The minimum atomic E-state index is -0.418. The number of benzene rings is 1. The summed E-state index contributed by atoms with van der Waals surface area (Å²) in [5.74, 6) is 0.490. The fourth-order valence-electron chi connectivity index (χ4n) is 2.30. The second-order valence-corrected chi connectivity index (χ2v) is 4.54. The van der Waals surface area contributed by atoms with Crippen molar-refractivity contribution in [1.82, 2.24) is 10.2 Å². The number of carbonyl (C=O) groups is 2. The van der Waals surface area contributed by atoms with Crippen molar-refractivity contribution in [3.8, 4) is 5.75 Å². The van der Waals surface area contributed by atoms with Crippen LogP contribution < -0.4 is 15.4 Å². The summed E-state index contributed by atoms with van der Waals surface area (Å²) in [6, 6.07) is 6.49. The van der Waals surface area contributed by atoms with Crippen molar-refractivity contribution < 1.29 is 14.3 Å². The van der Waals surface area contributed by atoms with E-state index in [4.69, 9.17) is 4.74 Å². The molecule has 1 heterocycles. The zero-order valence-electron chi connectivity index (χ0n) is 11.7. The van der Waals surface area contributed by atoms with Crippen LogP contribution in [-0.4, -0.2) is 43.1 Å². The topological polar surface area (TPSA) is 70.7 Å². The second kappa shape index (κ2) is 6.27. The maximum Gasteiger partial charge on any atom is 0.322 e. The van der Waals surface area contributed by atoms with E-state index in [0.29, 0.717) is 30.9 Å². The van der Waals surface area contributed by atoms with E-state index in [1.165, 1.54) is 0 Å². The molecule has 1 fully saturated rings. The standard InChI is InChI=1S/C14H19N3O3/c1-3-11-13(18)15-8-9-17(11)14(19)16-10-6-4-5-7-12(10)20-2/h4-7,11H,3,8-9H2,1-2H3,(H,15,18)(H,16,19). The Labute approximate surface area is 118 Å². The summed E-state index contributed by atoms with van der Waals surface area (Å²) in [5, 5.41) is 5.57. The number of amides is 3. The molecular weight excluding hydrogens is 258 g/mol. The van der Waals surface area contributed by atoms with Gasteiger partial charge in [-0.1, -0.05) is 19.1 Å². The number of hydrogen-bond donors (Lipinski definition) is 2. The van der Waals surface area contributed by atoms with Gasteiger partial charge in [0.25, 0.3) is 0 Å². The third-order valence-corrected chi connectivity index (χ3v) is 3.33. The van der Waals surface area contributed by atoms with Gasteiger partial charge in [-0.05, 0) is 18.6 Å². The lowest BCUT2D eigenvalue weighted by atomic mass is 10.1. The van der Waals surface area contributed by atoms with Gasteiger partial charge in [0, 0.05) is 13.1 Å². The van der Waals surface area contributed by atoms with E-state index in [1.54, 1.807) is 24.1 Å². The van der Waals surface area contributed by atoms with Gasteiger partial charge in [0.05, 0.1) is 12.8 Å². The van der Waals surface area contributed by atoms with Crippen molar-refractivity contribution in [2.75, 3.05) is 25.5 Å². The number of piperazine rings is 1. The lowest BCUT2D eigenvalue weighted by Crippen LogP contribution is -2.57. The molecule has 2 N–H and O–H groups in total. The largest absolute Gasteiger partial charge is 0.495 e. The molecular formula is C14H19N3O3. The third-order valence-electron chi connectivity index (χ3n) is 3.33. The molecule has 0 aliphatic carbocycles. The summed E-state index contributed by atoms with van der Waals surface area (Å²) in [5.41, 5.74) is 0.598. The van der Waals surface area contributed by atoms with Gasteiger partial charge in [0.1, 0.15) is 11.8 Å². The molecule has 1 atom stereocenters. The maximum absolute atomic E-state index is 12.3. The number of nitrogens with one attached hydrogen (secondary N) is 2. The second-order valence-electron chi connectivity index (χ2n) is 4.54. The first-order chi connectivity index (χ1) is 9.67. The summed E-state index contributed by atoms with van der Waals surface area (Å²) >= 11 is 0. The predicted octanol–water partition coefficient (Wildman–Crippen LogP) is 1.44. The average Bonchev–Trinajstić information content (AvgIpc) is 2.47. The Balaban J connectivity index is 2.12. The first kappa shape index (κ1) is 14.2. The van der Waals surface area contributed by atoms with Crippen molar-refractivity contribution in [1.29, 1.82) is 0 Å². The lowest BCUT2D eigenvalue weighted by molar-refractivity contribution is -0.127. The highest BCUT2D eigenvalue weighted by molar-refractivity contribution is 5.95. The number of hydrogen-bond acceptors (Lipinski definition) is 3. The predicted molar refractivity (Wildman–Crippen MR) is 75.8 cm³/mol. The van der Waals surface area contributed by atoms with Crippen LogP contribution in [-0.2, 0) is 4.79 Å². The average molecular weight is 277 g/mol. The summed E-state index contributed by atoms with van der Waals surface area (Å²) in [7, 11) is 1.55. The fraction of sp³-hybridized carbons (Fsp3) is 0.429. The highest BCUT2D eigenvalue weighted by Gasteiger charge is 2.31. The van der Waals surface area contributed by atoms with Gasteiger partial charge in [-0.2, -0.15) is 0 Å². The zero-order valence-corrected chi connectivity index (χ0v) is 11.7. The smallest absolute Gasteiger partial charge is 0.322 e. The number of methoxy groups -OCH3 is 1. The van der Waals surface area contributed by atoms with Crippen molar-refractivity contribution in [3.05, 3.63) is 24.3 Å². The van der Waals surface area contributed by atoms with Crippen LogP contribution in [0.3, 0.4) is 0 Å². The van der Waals surface area contributed by atoms with Crippen LogP contribution >= 0.6 is 0 Å². The molecule has 6 heteroatoms. The zero-order chi connectivity index (χ0) is 14.5. The SMILES string of the molecule is CCC1C(=O)NCCN1C(=O)Nc1ccccc1OC. The van der Waals surface area contributed by atoms with Gasteiger partial charge in [0.15, 0.2) is 0 Å². The molecule has 0 aromatic heterocycles. The minimum absolute atomic E-state index is 0.103. The molecule has 1 aromatic rings. The number of para-hydroxylation sites is 2. The Morgan fingerprint density at radius 3 is 2.95 bits per heavy atom. The molecule has 0 bridgehead atoms. The molecule has 2 rings (SSSR count). The van der Waals surface area contributed by atoms with Crippen molar-refractivity contribution in [2.24, 2.45) is 0 Å².